The fraction of sp³-hybridized carbons (Fsp3) is 0.471. The smallest absolute Gasteiger partial charge is 0.249 e. The molecule has 0 spiro atoms. The number of piperidine rings is 2. The lowest BCUT2D eigenvalue weighted by Crippen LogP contribution is -2.47. The maximum Gasteiger partial charge on any atom is 0.249 e. The van der Waals surface area contributed by atoms with Crippen LogP contribution in [0.15, 0.2) is 24.4 Å². The first-order valence-corrected chi connectivity index (χ1v) is 8.49. The van der Waals surface area contributed by atoms with Gasteiger partial charge in [-0.15, -0.1) is 0 Å². The second-order valence-corrected chi connectivity index (χ2v) is 6.46. The molecule has 7 nitrogen and oxygen atoms in total. The van der Waals surface area contributed by atoms with Crippen LogP contribution in [0.1, 0.15) is 31.7 Å². The Bertz CT molecular complexity index is 778. The first kappa shape index (κ1) is 15.1. The van der Waals surface area contributed by atoms with Crippen LogP contribution in [0.5, 0.6) is 0 Å². The van der Waals surface area contributed by atoms with Crippen molar-refractivity contribution in [2.24, 2.45) is 0 Å². The van der Waals surface area contributed by atoms with Gasteiger partial charge in [-0.05, 0) is 44.5 Å². The number of carbonyl (C=O) groups excluding carboxylic acids is 2. The maximum absolute atomic E-state index is 12.0. The number of hydrogen-bond donors (Lipinski definition) is 3. The summed E-state index contributed by atoms with van der Waals surface area (Å²) in [4.78, 5) is 23.3. The highest BCUT2D eigenvalue weighted by Gasteiger charge is 2.27. The van der Waals surface area contributed by atoms with Gasteiger partial charge >= 0.3 is 0 Å². The lowest BCUT2D eigenvalue weighted by molar-refractivity contribution is -0.133. The number of benzene rings is 1. The van der Waals surface area contributed by atoms with E-state index in [4.69, 9.17) is 0 Å². The highest BCUT2D eigenvalue weighted by Crippen LogP contribution is 2.29. The van der Waals surface area contributed by atoms with Crippen molar-refractivity contribution >= 4 is 28.4 Å². The lowest BCUT2D eigenvalue weighted by Gasteiger charge is -2.24. The number of fused-ring (bicyclic) bond motifs is 1. The topological polar surface area (TPSA) is 88.1 Å². The maximum atomic E-state index is 12.0. The van der Waals surface area contributed by atoms with Gasteiger partial charge in [0.05, 0.1) is 17.8 Å². The summed E-state index contributed by atoms with van der Waals surface area (Å²) in [5.41, 5.74) is 1.97. The summed E-state index contributed by atoms with van der Waals surface area (Å²) in [5, 5.41) is 14.7. The number of aromatic nitrogens is 2. The molecule has 1 aromatic heterocycles. The summed E-state index contributed by atoms with van der Waals surface area (Å²) in [5.74, 6) is -0.455. The molecule has 24 heavy (non-hydrogen) atoms. The third-order valence-electron chi connectivity index (χ3n) is 4.86. The summed E-state index contributed by atoms with van der Waals surface area (Å²) in [6, 6.07) is 6.04. The molecule has 1 aromatic carbocycles. The number of anilines is 1. The zero-order valence-corrected chi connectivity index (χ0v) is 13.4. The van der Waals surface area contributed by atoms with Crippen LogP contribution in [-0.2, 0) is 9.59 Å². The second-order valence-electron chi connectivity index (χ2n) is 6.46. The Kier molecular flexibility index (Phi) is 3.93. The van der Waals surface area contributed by atoms with Crippen molar-refractivity contribution in [3.63, 3.8) is 0 Å². The highest BCUT2D eigenvalue weighted by molar-refractivity contribution is 6.02. The molecule has 1 unspecified atom stereocenters. The fourth-order valence-electron chi connectivity index (χ4n) is 3.56. The zero-order chi connectivity index (χ0) is 16.5. The molecule has 0 saturated carbocycles. The minimum absolute atomic E-state index is 0.199. The van der Waals surface area contributed by atoms with E-state index in [-0.39, 0.29) is 17.9 Å². The predicted octanol–water partition coefficient (Wildman–Crippen LogP) is 1.18. The average molecular weight is 327 g/mol. The second kappa shape index (κ2) is 6.24. The molecule has 1 atom stereocenters. The van der Waals surface area contributed by atoms with Crippen molar-refractivity contribution in [3.8, 4) is 0 Å². The van der Waals surface area contributed by atoms with E-state index >= 15 is 0 Å². The molecule has 0 aliphatic carbocycles. The van der Waals surface area contributed by atoms with Crippen LogP contribution in [0.2, 0.25) is 0 Å². The minimum atomic E-state index is -0.379. The molecule has 4 rings (SSSR count). The molecular weight excluding hydrogens is 306 g/mol. The summed E-state index contributed by atoms with van der Waals surface area (Å²) < 4.78 is 2.10. The SMILES string of the molecule is O=C1CCC(Nc2cccc3c2cnn3C2CCNCC2)C(=O)N1. The van der Waals surface area contributed by atoms with Crippen molar-refractivity contribution in [1.82, 2.24) is 20.4 Å². The molecule has 0 radical (unpaired) electrons. The number of hydrogen-bond acceptors (Lipinski definition) is 5. The Morgan fingerprint density at radius 3 is 2.79 bits per heavy atom. The van der Waals surface area contributed by atoms with E-state index in [2.05, 4.69) is 31.8 Å². The van der Waals surface area contributed by atoms with Gasteiger partial charge in [0.1, 0.15) is 6.04 Å². The lowest BCUT2D eigenvalue weighted by atomic mass is 10.0. The summed E-state index contributed by atoms with van der Waals surface area (Å²) in [6.07, 6.45) is 4.89. The van der Waals surface area contributed by atoms with Crippen molar-refractivity contribution in [3.05, 3.63) is 24.4 Å². The van der Waals surface area contributed by atoms with E-state index < -0.39 is 0 Å². The molecule has 2 saturated heterocycles. The van der Waals surface area contributed by atoms with Crippen LogP contribution in [0.4, 0.5) is 5.69 Å². The predicted molar refractivity (Wildman–Crippen MR) is 90.7 cm³/mol. The number of imide groups is 1. The first-order chi connectivity index (χ1) is 11.7. The van der Waals surface area contributed by atoms with E-state index in [9.17, 15) is 9.59 Å². The third kappa shape index (κ3) is 2.75. The van der Waals surface area contributed by atoms with Gasteiger partial charge in [-0.25, -0.2) is 0 Å². The Balaban J connectivity index is 1.61. The third-order valence-corrected chi connectivity index (χ3v) is 4.86. The molecule has 0 bridgehead atoms. The van der Waals surface area contributed by atoms with Crippen LogP contribution < -0.4 is 16.0 Å². The normalized spacial score (nSPS) is 22.6. The summed E-state index contributed by atoms with van der Waals surface area (Å²) in [6.45, 7) is 2.03. The summed E-state index contributed by atoms with van der Waals surface area (Å²) in [7, 11) is 0. The van der Waals surface area contributed by atoms with Gasteiger partial charge in [-0.1, -0.05) is 6.07 Å². The molecule has 2 aliphatic rings. The van der Waals surface area contributed by atoms with Gasteiger partial charge in [0.15, 0.2) is 0 Å². The van der Waals surface area contributed by atoms with Gasteiger partial charge in [-0.2, -0.15) is 5.10 Å². The van der Waals surface area contributed by atoms with Crippen molar-refractivity contribution in [2.45, 2.75) is 37.8 Å². The van der Waals surface area contributed by atoms with Crippen LogP contribution in [-0.4, -0.2) is 40.7 Å². The molecular formula is C17H21N5O2. The Morgan fingerprint density at radius 2 is 2.00 bits per heavy atom. The van der Waals surface area contributed by atoms with Gasteiger partial charge in [-0.3, -0.25) is 19.6 Å². The molecule has 2 aromatic rings. The zero-order valence-electron chi connectivity index (χ0n) is 13.4. The standard InChI is InChI=1S/C17H21N5O2/c23-16-5-4-14(17(24)21-16)20-13-2-1-3-15-12(13)10-19-22(15)11-6-8-18-9-7-11/h1-3,10-11,14,18,20H,4-9H2,(H,21,23,24). The molecule has 2 amide bonds. The minimum Gasteiger partial charge on any atom is -0.373 e. The molecule has 2 fully saturated rings. The largest absolute Gasteiger partial charge is 0.373 e. The molecule has 7 heteroatoms. The van der Waals surface area contributed by atoms with Crippen molar-refractivity contribution in [1.29, 1.82) is 0 Å². The number of nitrogens with one attached hydrogen (secondary N) is 3. The quantitative estimate of drug-likeness (QED) is 0.737. The van der Waals surface area contributed by atoms with E-state index in [1.165, 1.54) is 0 Å². The van der Waals surface area contributed by atoms with Crippen LogP contribution >= 0.6 is 0 Å². The monoisotopic (exact) mass is 327 g/mol. The Morgan fingerprint density at radius 1 is 1.17 bits per heavy atom. The van der Waals surface area contributed by atoms with Crippen LogP contribution in [0.25, 0.3) is 10.9 Å². The number of amides is 2. The van der Waals surface area contributed by atoms with Crippen molar-refractivity contribution < 1.29 is 9.59 Å². The van der Waals surface area contributed by atoms with Gasteiger partial charge in [0.25, 0.3) is 0 Å². The fourth-order valence-corrected chi connectivity index (χ4v) is 3.56. The van der Waals surface area contributed by atoms with E-state index in [0.717, 1.165) is 42.5 Å². The van der Waals surface area contributed by atoms with Crippen molar-refractivity contribution in [2.75, 3.05) is 18.4 Å². The number of nitrogens with zero attached hydrogens (tertiary/aromatic N) is 2. The van der Waals surface area contributed by atoms with E-state index in [1.807, 2.05) is 18.3 Å². The molecule has 3 heterocycles. The van der Waals surface area contributed by atoms with E-state index in [0.29, 0.717) is 18.9 Å². The van der Waals surface area contributed by atoms with Gasteiger partial charge in [0, 0.05) is 17.5 Å². The first-order valence-electron chi connectivity index (χ1n) is 8.49. The Labute approximate surface area is 139 Å². The van der Waals surface area contributed by atoms with Gasteiger partial charge in [0.2, 0.25) is 11.8 Å². The van der Waals surface area contributed by atoms with Gasteiger partial charge < -0.3 is 10.6 Å². The Hall–Kier alpha value is -2.41. The molecule has 2 aliphatic heterocycles. The van der Waals surface area contributed by atoms with E-state index in [1.54, 1.807) is 0 Å². The summed E-state index contributed by atoms with van der Waals surface area (Å²) >= 11 is 0. The highest BCUT2D eigenvalue weighted by atomic mass is 16.2. The average Bonchev–Trinajstić information content (AvgIpc) is 3.03. The van der Waals surface area contributed by atoms with Crippen LogP contribution in [0.3, 0.4) is 0 Å². The van der Waals surface area contributed by atoms with Crippen LogP contribution in [0, 0.1) is 0 Å². The molecule has 3 N–H and O–H groups in total. The molecule has 126 valence electrons. The number of rotatable bonds is 3. The number of carbonyl (C=O) groups is 2.